The third kappa shape index (κ3) is 6.87. The number of hydrogen-bond donors (Lipinski definition) is 3. The maximum atomic E-state index is 12.5. The maximum absolute atomic E-state index is 12.5. The molecular weight excluding hydrogens is 743 g/mol. The molecular formula is C37H33N9O3S3Si. The van der Waals surface area contributed by atoms with E-state index in [0.29, 0.717) is 35.7 Å². The number of rotatable bonds is 11. The molecule has 7 aromatic rings. The third-order valence-corrected chi connectivity index (χ3v) is 16.5. The minimum Gasteiger partial charge on any atom is -0.471 e. The Bertz CT molecular complexity index is 2530. The van der Waals surface area contributed by atoms with Crippen LogP contribution in [-0.2, 0) is 17.9 Å². The fourth-order valence-corrected chi connectivity index (χ4v) is 14.2. The van der Waals surface area contributed by atoms with E-state index in [4.69, 9.17) is 20.2 Å². The van der Waals surface area contributed by atoms with Gasteiger partial charge in [0.2, 0.25) is 11.8 Å². The Morgan fingerprint density at radius 3 is 2.62 bits per heavy atom. The number of nitrogens with two attached hydrogens (primary N) is 1. The van der Waals surface area contributed by atoms with Gasteiger partial charge in [0.15, 0.2) is 11.2 Å². The van der Waals surface area contributed by atoms with E-state index in [1.807, 2.05) is 61.7 Å². The molecule has 266 valence electrons. The van der Waals surface area contributed by atoms with Gasteiger partial charge in [0.25, 0.3) is 0 Å². The Morgan fingerprint density at radius 1 is 1.04 bits per heavy atom. The first kappa shape index (κ1) is 34.5. The monoisotopic (exact) mass is 775 g/mol. The molecule has 0 aliphatic carbocycles. The number of nitrogens with zero attached hydrogens (tertiary/aromatic N) is 6. The average Bonchev–Trinajstić information content (AvgIpc) is 3.98. The first-order chi connectivity index (χ1) is 25.7. The van der Waals surface area contributed by atoms with Crippen molar-refractivity contribution in [2.75, 3.05) is 30.8 Å². The zero-order chi connectivity index (χ0) is 36.7. The van der Waals surface area contributed by atoms with Gasteiger partial charge in [-0.25, -0.2) is 14.8 Å². The van der Waals surface area contributed by atoms with Crippen LogP contribution in [-0.4, -0.2) is 59.3 Å². The lowest BCUT2D eigenvalue weighted by atomic mass is 10.1. The quantitative estimate of drug-likeness (QED) is 0.0978. The average molecular weight is 776 g/mol. The Labute approximate surface area is 317 Å². The van der Waals surface area contributed by atoms with Crippen molar-refractivity contribution in [3.05, 3.63) is 88.0 Å². The van der Waals surface area contributed by atoms with Crippen molar-refractivity contribution in [1.82, 2.24) is 30.2 Å². The van der Waals surface area contributed by atoms with Crippen LogP contribution in [0.2, 0.25) is 13.1 Å². The number of para-hydroxylation sites is 1. The van der Waals surface area contributed by atoms with Crippen molar-refractivity contribution in [2.24, 2.45) is 0 Å². The first-order valence-corrected chi connectivity index (χ1v) is 22.2. The third-order valence-electron chi connectivity index (χ3n) is 9.09. The number of carbonyl (C=O) groups excluding carboxylic acids is 1. The molecule has 0 atom stereocenters. The van der Waals surface area contributed by atoms with E-state index in [1.54, 1.807) is 34.0 Å². The molecule has 5 aromatic heterocycles. The van der Waals surface area contributed by atoms with Crippen molar-refractivity contribution in [3.63, 3.8) is 0 Å². The zero-order valence-corrected chi connectivity index (χ0v) is 32.4. The van der Waals surface area contributed by atoms with Gasteiger partial charge in [0.05, 0.1) is 33.7 Å². The SMILES string of the molecule is CN(CCOC(=O)NCc1ccc(COc2nc(N)nc3[nH]cnc23)cc1)c1cc2c(s1)-c1sc(/C=C(/C#N)c3nc4ccccc4s3)cc1[Si]2(C)C. The second kappa shape index (κ2) is 14.1. The highest BCUT2D eigenvalue weighted by atomic mass is 32.1. The van der Waals surface area contributed by atoms with Gasteiger partial charge in [-0.3, -0.25) is 0 Å². The molecule has 2 aromatic carbocycles. The summed E-state index contributed by atoms with van der Waals surface area (Å²) >= 11 is 5.07. The second-order valence-corrected chi connectivity index (χ2v) is 20.5. The summed E-state index contributed by atoms with van der Waals surface area (Å²) < 4.78 is 12.4. The molecule has 12 nitrogen and oxygen atoms in total. The maximum Gasteiger partial charge on any atom is 0.407 e. The largest absolute Gasteiger partial charge is 0.471 e. The molecule has 16 heteroatoms. The van der Waals surface area contributed by atoms with E-state index in [0.717, 1.165) is 36.2 Å². The number of nitrogens with one attached hydrogen (secondary N) is 2. The Kier molecular flexibility index (Phi) is 9.16. The van der Waals surface area contributed by atoms with E-state index in [2.05, 4.69) is 61.4 Å². The van der Waals surface area contributed by atoms with Crippen LogP contribution in [0.15, 0.2) is 67.0 Å². The van der Waals surface area contributed by atoms with E-state index in [1.165, 1.54) is 26.5 Å². The van der Waals surface area contributed by atoms with Crippen molar-refractivity contribution in [1.29, 1.82) is 5.26 Å². The van der Waals surface area contributed by atoms with E-state index in [9.17, 15) is 10.1 Å². The summed E-state index contributed by atoms with van der Waals surface area (Å²) in [5, 5.41) is 17.6. The number of thiophene rings is 2. The summed E-state index contributed by atoms with van der Waals surface area (Å²) in [6.07, 6.45) is 3.03. The van der Waals surface area contributed by atoms with Gasteiger partial charge in [-0.05, 0) is 51.8 Å². The highest BCUT2D eigenvalue weighted by molar-refractivity contribution is 7.30. The van der Waals surface area contributed by atoms with Crippen molar-refractivity contribution >= 4 is 103 Å². The number of amides is 1. The molecule has 0 bridgehead atoms. The molecule has 8 rings (SSSR count). The number of carbonyl (C=O) groups is 1. The van der Waals surface area contributed by atoms with Gasteiger partial charge < -0.3 is 30.4 Å². The minimum atomic E-state index is -1.92. The molecule has 0 fully saturated rings. The van der Waals surface area contributed by atoms with Gasteiger partial charge in [-0.2, -0.15) is 15.2 Å². The van der Waals surface area contributed by atoms with Crippen LogP contribution < -0.4 is 31.1 Å². The molecule has 0 saturated heterocycles. The number of fused-ring (bicyclic) bond motifs is 5. The molecule has 0 spiro atoms. The fraction of sp³-hybridized carbons (Fsp3) is 0.189. The molecule has 0 radical (unpaired) electrons. The summed E-state index contributed by atoms with van der Waals surface area (Å²) in [5.41, 5.74) is 10.2. The van der Waals surface area contributed by atoms with Crippen molar-refractivity contribution in [2.45, 2.75) is 26.2 Å². The van der Waals surface area contributed by atoms with Crippen LogP contribution in [0, 0.1) is 11.3 Å². The van der Waals surface area contributed by atoms with Crippen LogP contribution in [0.5, 0.6) is 5.88 Å². The number of imidazole rings is 1. The predicted molar refractivity (Wildman–Crippen MR) is 216 cm³/mol. The lowest BCUT2D eigenvalue weighted by Gasteiger charge is -2.19. The van der Waals surface area contributed by atoms with Gasteiger partial charge in [-0.1, -0.05) is 49.5 Å². The number of hydrogen-bond acceptors (Lipinski definition) is 13. The molecule has 1 aliphatic heterocycles. The number of aromatic nitrogens is 5. The lowest BCUT2D eigenvalue weighted by Crippen LogP contribution is -2.48. The Morgan fingerprint density at radius 2 is 1.81 bits per heavy atom. The van der Waals surface area contributed by atoms with Gasteiger partial charge >= 0.3 is 6.09 Å². The van der Waals surface area contributed by atoms with Crippen LogP contribution in [0.1, 0.15) is 21.0 Å². The number of thiazole rings is 1. The fourth-order valence-electron chi connectivity index (χ4n) is 6.17. The smallest absolute Gasteiger partial charge is 0.407 e. The number of ether oxygens (including phenoxy) is 2. The van der Waals surface area contributed by atoms with Crippen LogP contribution in [0.4, 0.5) is 15.7 Å². The highest BCUT2D eigenvalue weighted by Crippen LogP contribution is 2.42. The van der Waals surface area contributed by atoms with E-state index < -0.39 is 14.2 Å². The topological polar surface area (TPSA) is 168 Å². The molecule has 0 saturated carbocycles. The number of benzene rings is 2. The van der Waals surface area contributed by atoms with Crippen molar-refractivity contribution in [3.8, 4) is 21.7 Å². The summed E-state index contributed by atoms with van der Waals surface area (Å²) in [5.74, 6) is 0.417. The molecule has 6 heterocycles. The standard InChI is InChI=1S/C37H33N9O3S3Si/c1-46(12-13-48-37(47)40-18-21-8-10-22(11-9-21)19-49-34-30-33(42-20-41-30)44-36(39)45-34)29-16-28-32(52-29)31-27(53(28,2)3)15-24(50-31)14-23(17-38)35-43-25-6-4-5-7-26(25)51-35/h4-11,14-16,20H,12-13,18-19H2,1-3H3,(H,40,47)(H3,39,41,42,44,45)/b23-14-. The van der Waals surface area contributed by atoms with Crippen LogP contribution in [0.3, 0.4) is 0 Å². The number of H-pyrrole nitrogens is 1. The van der Waals surface area contributed by atoms with Crippen LogP contribution >= 0.6 is 34.0 Å². The summed E-state index contributed by atoms with van der Waals surface area (Å²) in [4.78, 5) is 38.4. The molecule has 4 N–H and O–H groups in total. The number of aromatic amines is 1. The number of nitrogen functional groups attached to an aromatic ring is 1. The number of anilines is 2. The molecule has 53 heavy (non-hydrogen) atoms. The number of alkyl carbamates (subject to hydrolysis) is 1. The summed E-state index contributed by atoms with van der Waals surface area (Å²) in [6, 6.07) is 22.6. The molecule has 0 unspecified atom stereocenters. The minimum absolute atomic E-state index is 0.104. The van der Waals surface area contributed by atoms with Gasteiger partial charge in [-0.15, -0.1) is 34.0 Å². The number of allylic oxidation sites excluding steroid dienone is 1. The Balaban J connectivity index is 0.839. The normalized spacial score (nSPS) is 13.1. The number of nitriles is 1. The lowest BCUT2D eigenvalue weighted by molar-refractivity contribution is 0.148. The van der Waals surface area contributed by atoms with Gasteiger partial charge in [0, 0.05) is 28.2 Å². The van der Waals surface area contributed by atoms with Gasteiger partial charge in [0.1, 0.15) is 32.4 Å². The van der Waals surface area contributed by atoms with E-state index >= 15 is 0 Å². The van der Waals surface area contributed by atoms with Crippen molar-refractivity contribution < 1.29 is 14.3 Å². The molecule has 1 amide bonds. The highest BCUT2D eigenvalue weighted by Gasteiger charge is 2.41. The molecule has 1 aliphatic rings. The second-order valence-electron chi connectivity index (χ2n) is 13.0. The summed E-state index contributed by atoms with van der Waals surface area (Å²) in [7, 11) is 0.103. The Hall–Kier alpha value is -5.60. The summed E-state index contributed by atoms with van der Waals surface area (Å²) in [6.45, 7) is 6.19. The predicted octanol–water partition coefficient (Wildman–Crippen LogP) is 6.48. The number of likely N-dealkylation sites (N-methyl/N-ethyl adjacent to an activating group) is 1. The van der Waals surface area contributed by atoms with E-state index in [-0.39, 0.29) is 19.2 Å². The zero-order valence-electron chi connectivity index (χ0n) is 29.0. The first-order valence-electron chi connectivity index (χ1n) is 16.7. The van der Waals surface area contributed by atoms with Crippen LogP contribution in [0.25, 0.3) is 42.8 Å².